The Labute approximate surface area is 177 Å². The Morgan fingerprint density at radius 1 is 0.968 bits per heavy atom. The third-order valence-electron chi connectivity index (χ3n) is 3.88. The lowest BCUT2D eigenvalue weighted by molar-refractivity contribution is -0.140. The molecule has 31 heavy (non-hydrogen) atoms. The predicted octanol–water partition coefficient (Wildman–Crippen LogP) is 1.92. The fourth-order valence-corrected chi connectivity index (χ4v) is 3.09. The van der Waals surface area contributed by atoms with Gasteiger partial charge in [-0.25, -0.2) is 24.0 Å². The van der Waals surface area contributed by atoms with Gasteiger partial charge in [-0.1, -0.05) is 0 Å². The third-order valence-corrected chi connectivity index (χ3v) is 4.92. The highest BCUT2D eigenvalue weighted by Crippen LogP contribution is 2.31. The van der Waals surface area contributed by atoms with E-state index >= 15 is 0 Å². The molecule has 0 fully saturated rings. The second-order valence-corrected chi connectivity index (χ2v) is 8.19. The molecule has 2 N–H and O–H groups in total. The smallest absolute Gasteiger partial charge is 0.480 e. The van der Waals surface area contributed by atoms with Gasteiger partial charge in [0.1, 0.15) is 6.04 Å². The van der Waals surface area contributed by atoms with Gasteiger partial charge in [-0.05, 0) is 39.5 Å². The standard InChI is InChI=1S/C17H19NO12S/c1-7-9(29-14(22)27-7)5-25-13(21)18-11(12(19)20)17(3,4)31-16(24)26-6-10-8(2)28-15(23)30-10/h11H,5-6H2,1-4H3,(H,18,21)(H,19,20). The average molecular weight is 461 g/mol. The summed E-state index contributed by atoms with van der Waals surface area (Å²) in [5.41, 5.74) is 0. The summed E-state index contributed by atoms with van der Waals surface area (Å²) in [6.07, 6.45) is -1.13. The first-order chi connectivity index (χ1) is 14.4. The van der Waals surface area contributed by atoms with E-state index < -0.39 is 53.0 Å². The molecule has 0 radical (unpaired) electrons. The topological polar surface area (TPSA) is 189 Å². The quantitative estimate of drug-likeness (QED) is 0.543. The number of hydrogen-bond acceptors (Lipinski definition) is 12. The molecule has 1 unspecified atom stereocenters. The first kappa shape index (κ1) is 23.9. The molecule has 13 nitrogen and oxygen atoms in total. The lowest BCUT2D eigenvalue weighted by atomic mass is 10.0. The van der Waals surface area contributed by atoms with Crippen LogP contribution in [-0.2, 0) is 27.5 Å². The monoisotopic (exact) mass is 461 g/mol. The number of carboxylic acids is 1. The second kappa shape index (κ2) is 9.59. The Balaban J connectivity index is 1.95. The zero-order valence-electron chi connectivity index (χ0n) is 16.8. The number of thioether (sulfide) groups is 1. The molecule has 2 rings (SSSR count). The highest BCUT2D eigenvalue weighted by Gasteiger charge is 2.40. The molecule has 170 valence electrons. The summed E-state index contributed by atoms with van der Waals surface area (Å²) in [6.45, 7) is 4.77. The molecule has 0 saturated carbocycles. The number of carboxylic acid groups (broad SMARTS) is 1. The fourth-order valence-electron chi connectivity index (χ4n) is 2.26. The number of alkyl carbamates (subject to hydrolysis) is 1. The number of aryl methyl sites for hydroxylation is 2. The van der Waals surface area contributed by atoms with Crippen LogP contribution in [0, 0.1) is 13.8 Å². The Morgan fingerprint density at radius 3 is 1.87 bits per heavy atom. The summed E-state index contributed by atoms with van der Waals surface area (Å²) in [6, 6.07) is -1.57. The van der Waals surface area contributed by atoms with Crippen LogP contribution in [0.2, 0.25) is 0 Å². The van der Waals surface area contributed by atoms with Crippen molar-refractivity contribution in [1.29, 1.82) is 0 Å². The number of carbonyl (C=O) groups excluding carboxylic acids is 2. The van der Waals surface area contributed by atoms with Gasteiger partial charge in [0.15, 0.2) is 36.3 Å². The molecule has 2 aromatic heterocycles. The molecule has 0 bridgehead atoms. The Hall–Kier alpha value is -3.42. The lowest BCUT2D eigenvalue weighted by Crippen LogP contribution is -2.53. The number of ether oxygens (including phenoxy) is 2. The van der Waals surface area contributed by atoms with Crippen LogP contribution < -0.4 is 17.0 Å². The van der Waals surface area contributed by atoms with Gasteiger partial charge < -0.3 is 37.6 Å². The van der Waals surface area contributed by atoms with Crippen LogP contribution in [0.1, 0.15) is 36.9 Å². The largest absolute Gasteiger partial charge is 0.519 e. The number of aliphatic carboxylic acids is 1. The molecule has 0 aromatic carbocycles. The fraction of sp³-hybridized carbons (Fsp3) is 0.471. The third kappa shape index (κ3) is 6.53. The van der Waals surface area contributed by atoms with E-state index in [1.807, 2.05) is 0 Å². The summed E-state index contributed by atoms with van der Waals surface area (Å²) in [5, 5.41) is 10.7. The van der Waals surface area contributed by atoms with Gasteiger partial charge in [0.2, 0.25) is 0 Å². The Morgan fingerprint density at radius 2 is 1.45 bits per heavy atom. The average Bonchev–Trinajstić information content (AvgIpc) is 3.14. The summed E-state index contributed by atoms with van der Waals surface area (Å²) in [7, 11) is 0. The summed E-state index contributed by atoms with van der Waals surface area (Å²) >= 11 is 0.495. The van der Waals surface area contributed by atoms with Crippen molar-refractivity contribution in [3.8, 4) is 0 Å². The molecule has 0 aliphatic rings. The number of amides is 1. The van der Waals surface area contributed by atoms with E-state index in [-0.39, 0.29) is 23.0 Å². The molecule has 0 saturated heterocycles. The molecule has 0 aliphatic carbocycles. The van der Waals surface area contributed by atoms with Crippen molar-refractivity contribution >= 4 is 29.1 Å². The first-order valence-electron chi connectivity index (χ1n) is 8.59. The Bertz CT molecular complexity index is 1070. The molecular weight excluding hydrogens is 442 g/mol. The minimum Gasteiger partial charge on any atom is -0.480 e. The molecule has 2 heterocycles. The van der Waals surface area contributed by atoms with Crippen molar-refractivity contribution in [1.82, 2.24) is 5.32 Å². The zero-order chi connectivity index (χ0) is 23.3. The van der Waals surface area contributed by atoms with Gasteiger partial charge in [-0.15, -0.1) is 0 Å². The van der Waals surface area contributed by atoms with E-state index in [1.54, 1.807) is 0 Å². The molecule has 0 aliphatic heterocycles. The summed E-state index contributed by atoms with van der Waals surface area (Å²) in [5.74, 6) is -3.14. The minimum absolute atomic E-state index is 0.00874. The summed E-state index contributed by atoms with van der Waals surface area (Å²) < 4.78 is 27.0. The molecular formula is C17H19NO12S. The van der Waals surface area contributed by atoms with Crippen LogP contribution >= 0.6 is 11.8 Å². The molecule has 0 spiro atoms. The number of rotatable bonds is 8. The molecule has 1 atom stereocenters. The number of nitrogens with one attached hydrogen (secondary N) is 1. The van der Waals surface area contributed by atoms with E-state index in [0.717, 1.165) is 0 Å². The second-order valence-electron chi connectivity index (χ2n) is 6.60. The SMILES string of the molecule is Cc1oc(=O)oc1COC(=O)NC(C(=O)O)C(C)(C)SC(=O)OCc1oc(=O)oc1C. The van der Waals surface area contributed by atoms with E-state index in [9.17, 15) is 29.1 Å². The van der Waals surface area contributed by atoms with E-state index in [1.165, 1.54) is 27.7 Å². The van der Waals surface area contributed by atoms with E-state index in [2.05, 4.69) is 18.6 Å². The van der Waals surface area contributed by atoms with Crippen LogP contribution in [0.4, 0.5) is 9.59 Å². The lowest BCUT2D eigenvalue weighted by Gasteiger charge is -2.29. The molecule has 14 heteroatoms. The maximum absolute atomic E-state index is 12.1. The van der Waals surface area contributed by atoms with Gasteiger partial charge in [-0.2, -0.15) is 0 Å². The zero-order valence-corrected chi connectivity index (χ0v) is 17.7. The maximum Gasteiger partial charge on any atom is 0.519 e. The van der Waals surface area contributed by atoms with Gasteiger partial charge in [0.05, 0.1) is 4.75 Å². The van der Waals surface area contributed by atoms with Crippen molar-refractivity contribution in [3.05, 3.63) is 44.3 Å². The normalized spacial score (nSPS) is 12.3. The van der Waals surface area contributed by atoms with Crippen molar-refractivity contribution in [2.75, 3.05) is 0 Å². The maximum atomic E-state index is 12.1. The highest BCUT2D eigenvalue weighted by molar-refractivity contribution is 8.14. The number of carbonyl (C=O) groups is 3. The highest BCUT2D eigenvalue weighted by atomic mass is 32.2. The molecule has 1 amide bonds. The van der Waals surface area contributed by atoms with Crippen molar-refractivity contribution < 1.29 is 46.6 Å². The van der Waals surface area contributed by atoms with Crippen LogP contribution in [-0.4, -0.2) is 33.3 Å². The van der Waals surface area contributed by atoms with Crippen LogP contribution in [0.25, 0.3) is 0 Å². The van der Waals surface area contributed by atoms with Crippen molar-refractivity contribution in [3.63, 3.8) is 0 Å². The van der Waals surface area contributed by atoms with Gasteiger partial charge in [0.25, 0.3) is 0 Å². The van der Waals surface area contributed by atoms with Gasteiger partial charge in [0, 0.05) is 0 Å². The van der Waals surface area contributed by atoms with E-state index in [4.69, 9.17) is 13.9 Å². The van der Waals surface area contributed by atoms with Crippen molar-refractivity contribution in [2.24, 2.45) is 0 Å². The van der Waals surface area contributed by atoms with Crippen LogP contribution in [0.15, 0.2) is 27.3 Å². The van der Waals surface area contributed by atoms with Crippen LogP contribution in [0.5, 0.6) is 0 Å². The van der Waals surface area contributed by atoms with Crippen molar-refractivity contribution in [2.45, 2.75) is 51.7 Å². The van der Waals surface area contributed by atoms with Crippen LogP contribution in [0.3, 0.4) is 0 Å². The first-order valence-corrected chi connectivity index (χ1v) is 9.41. The molecule has 2 aromatic rings. The number of hydrogen-bond donors (Lipinski definition) is 2. The van der Waals surface area contributed by atoms with Gasteiger partial charge in [-0.3, -0.25) is 0 Å². The predicted molar refractivity (Wildman–Crippen MR) is 101 cm³/mol. The van der Waals surface area contributed by atoms with Gasteiger partial charge >= 0.3 is 29.0 Å². The minimum atomic E-state index is -1.57. The van der Waals surface area contributed by atoms with E-state index in [0.29, 0.717) is 11.8 Å². The Kier molecular flexibility index (Phi) is 7.38. The summed E-state index contributed by atoms with van der Waals surface area (Å²) in [4.78, 5) is 57.7.